The Balaban J connectivity index is 2.06. The molecular formula is C18H22F2N4O3S. The van der Waals surface area contributed by atoms with Crippen molar-refractivity contribution in [3.63, 3.8) is 0 Å². The predicted octanol–water partition coefficient (Wildman–Crippen LogP) is 3.36. The molecule has 1 aliphatic heterocycles. The van der Waals surface area contributed by atoms with Crippen LogP contribution >= 0.6 is 11.3 Å². The Morgan fingerprint density at radius 1 is 1.36 bits per heavy atom. The van der Waals surface area contributed by atoms with Crippen molar-refractivity contribution in [3.8, 4) is 0 Å². The fourth-order valence-electron chi connectivity index (χ4n) is 3.68. The highest BCUT2D eigenvalue weighted by molar-refractivity contribution is 7.17. The Hall–Kier alpha value is -2.33. The first kappa shape index (κ1) is 20.4. The Labute approximate surface area is 164 Å². The molecule has 0 radical (unpaired) electrons. The summed E-state index contributed by atoms with van der Waals surface area (Å²) in [5, 5.41) is 6.43. The summed E-state index contributed by atoms with van der Waals surface area (Å²) in [4.78, 5) is 25.6. The van der Waals surface area contributed by atoms with Crippen LogP contribution in [-0.4, -0.2) is 27.2 Å². The normalized spacial score (nSPS) is 17.4. The zero-order chi connectivity index (χ0) is 21.0. The number of primary amides is 1. The molecule has 2 aromatic rings. The maximum Gasteiger partial charge on any atom is 0.282 e. The van der Waals surface area contributed by atoms with Gasteiger partial charge in [0.15, 0.2) is 0 Å². The molecule has 3 N–H and O–H groups in total. The number of fused-ring (bicyclic) bond motifs is 1. The van der Waals surface area contributed by atoms with E-state index in [-0.39, 0.29) is 16.1 Å². The molecule has 2 aromatic heterocycles. The molecule has 3 heterocycles. The van der Waals surface area contributed by atoms with Gasteiger partial charge in [0.1, 0.15) is 10.7 Å². The van der Waals surface area contributed by atoms with Gasteiger partial charge in [0.2, 0.25) is 0 Å². The number of amides is 2. The summed E-state index contributed by atoms with van der Waals surface area (Å²) in [7, 11) is 1.45. The number of hydrogen-bond donors (Lipinski definition) is 2. The summed E-state index contributed by atoms with van der Waals surface area (Å²) in [6.07, 6.45) is -1.25. The van der Waals surface area contributed by atoms with Crippen LogP contribution in [0.2, 0.25) is 0 Å². The van der Waals surface area contributed by atoms with Crippen LogP contribution in [0, 0.1) is 0 Å². The van der Waals surface area contributed by atoms with Gasteiger partial charge in [0.25, 0.3) is 18.2 Å². The molecule has 0 spiro atoms. The molecule has 0 unspecified atom stereocenters. The van der Waals surface area contributed by atoms with Crippen molar-refractivity contribution in [1.29, 1.82) is 0 Å². The van der Waals surface area contributed by atoms with E-state index >= 15 is 0 Å². The van der Waals surface area contributed by atoms with E-state index in [1.807, 2.05) is 27.7 Å². The smallest absolute Gasteiger partial charge is 0.282 e. The molecule has 0 saturated carbocycles. The van der Waals surface area contributed by atoms with Gasteiger partial charge in [-0.3, -0.25) is 14.3 Å². The number of thiophene rings is 1. The Bertz CT molecular complexity index is 962. The van der Waals surface area contributed by atoms with Gasteiger partial charge >= 0.3 is 0 Å². The lowest BCUT2D eigenvalue weighted by Gasteiger charge is -2.41. The fraction of sp³-hybridized carbons (Fsp3) is 0.500. The highest BCUT2D eigenvalue weighted by atomic mass is 32.1. The van der Waals surface area contributed by atoms with E-state index in [2.05, 4.69) is 10.4 Å². The standard InChI is InChI=1S/C18H22F2N4O3S/c1-17(2)6-8-10(14(21)25)16(28-12(8)18(3,4)27-17)22-15(26)9-7-24(5)23-11(9)13(19)20/h7,13H,6H2,1-5H3,(H2,21,25)(H,22,26). The molecule has 1 aliphatic rings. The summed E-state index contributed by atoms with van der Waals surface area (Å²) in [6.45, 7) is 7.55. The van der Waals surface area contributed by atoms with E-state index < -0.39 is 35.1 Å². The van der Waals surface area contributed by atoms with E-state index in [0.29, 0.717) is 12.0 Å². The molecule has 152 valence electrons. The molecule has 0 aromatic carbocycles. The van der Waals surface area contributed by atoms with E-state index in [9.17, 15) is 18.4 Å². The fourth-order valence-corrected chi connectivity index (χ4v) is 4.94. The molecular weight excluding hydrogens is 390 g/mol. The summed E-state index contributed by atoms with van der Waals surface area (Å²) in [5.41, 5.74) is 4.40. The highest BCUT2D eigenvalue weighted by Gasteiger charge is 2.43. The maximum absolute atomic E-state index is 13.2. The quantitative estimate of drug-likeness (QED) is 0.804. The predicted molar refractivity (Wildman–Crippen MR) is 101 cm³/mol. The lowest BCUT2D eigenvalue weighted by atomic mass is 9.86. The van der Waals surface area contributed by atoms with Gasteiger partial charge < -0.3 is 15.8 Å². The zero-order valence-electron chi connectivity index (χ0n) is 16.2. The highest BCUT2D eigenvalue weighted by Crippen LogP contribution is 2.48. The summed E-state index contributed by atoms with van der Waals surface area (Å²) >= 11 is 1.17. The molecule has 0 atom stereocenters. The second-order valence-electron chi connectivity index (χ2n) is 7.88. The second kappa shape index (κ2) is 6.63. The van der Waals surface area contributed by atoms with Crippen LogP contribution in [0.1, 0.15) is 71.0 Å². The number of anilines is 1. The molecule has 2 amide bonds. The number of nitrogens with two attached hydrogens (primary N) is 1. The third kappa shape index (κ3) is 3.53. The van der Waals surface area contributed by atoms with Gasteiger partial charge in [-0.15, -0.1) is 11.3 Å². The first-order valence-corrected chi connectivity index (χ1v) is 9.43. The van der Waals surface area contributed by atoms with E-state index in [1.165, 1.54) is 24.6 Å². The molecule has 0 aliphatic carbocycles. The van der Waals surface area contributed by atoms with Crippen LogP contribution < -0.4 is 11.1 Å². The third-order valence-corrected chi connectivity index (χ3v) is 5.92. The number of halogens is 2. The minimum atomic E-state index is -2.90. The number of nitrogens with one attached hydrogen (secondary N) is 1. The molecule has 3 rings (SSSR count). The summed E-state index contributed by atoms with van der Waals surface area (Å²) in [6, 6.07) is 0. The van der Waals surface area contributed by atoms with E-state index in [0.717, 1.165) is 9.56 Å². The van der Waals surface area contributed by atoms with E-state index in [4.69, 9.17) is 10.5 Å². The van der Waals surface area contributed by atoms with Gasteiger partial charge in [-0.2, -0.15) is 5.10 Å². The molecule has 10 heteroatoms. The number of carbonyl (C=O) groups is 2. The molecule has 0 fully saturated rings. The monoisotopic (exact) mass is 412 g/mol. The molecule has 7 nitrogen and oxygen atoms in total. The number of ether oxygens (including phenoxy) is 1. The number of nitrogens with zero attached hydrogens (tertiary/aromatic N) is 2. The van der Waals surface area contributed by atoms with Crippen LogP contribution in [0.5, 0.6) is 0 Å². The van der Waals surface area contributed by atoms with Crippen LogP contribution in [0.3, 0.4) is 0 Å². The molecule has 28 heavy (non-hydrogen) atoms. The van der Waals surface area contributed by atoms with Gasteiger partial charge in [0.05, 0.1) is 22.3 Å². The molecule has 0 bridgehead atoms. The summed E-state index contributed by atoms with van der Waals surface area (Å²) in [5.74, 6) is -1.47. The number of rotatable bonds is 4. The second-order valence-corrected chi connectivity index (χ2v) is 8.90. The lowest BCUT2D eigenvalue weighted by molar-refractivity contribution is -0.135. The zero-order valence-corrected chi connectivity index (χ0v) is 17.0. The third-order valence-electron chi connectivity index (χ3n) is 4.47. The van der Waals surface area contributed by atoms with Crippen molar-refractivity contribution in [2.45, 2.75) is 51.7 Å². The van der Waals surface area contributed by atoms with Gasteiger partial charge in [0, 0.05) is 24.5 Å². The van der Waals surface area contributed by atoms with Gasteiger partial charge in [-0.1, -0.05) is 0 Å². The lowest BCUT2D eigenvalue weighted by Crippen LogP contribution is -2.42. The average Bonchev–Trinajstić information content (AvgIpc) is 3.06. The SMILES string of the molecule is Cn1cc(C(=O)Nc2sc3c(c2C(N)=O)CC(C)(C)OC3(C)C)c(C(F)F)n1. The van der Waals surface area contributed by atoms with Crippen molar-refractivity contribution in [2.75, 3.05) is 5.32 Å². The first-order chi connectivity index (χ1) is 12.8. The number of aryl methyl sites for hydroxylation is 1. The first-order valence-electron chi connectivity index (χ1n) is 8.61. The van der Waals surface area contributed by atoms with Crippen molar-refractivity contribution in [2.24, 2.45) is 12.8 Å². The Kier molecular flexibility index (Phi) is 4.83. The van der Waals surface area contributed by atoms with Crippen molar-refractivity contribution in [3.05, 3.63) is 33.5 Å². The van der Waals surface area contributed by atoms with Crippen molar-refractivity contribution < 1.29 is 23.1 Å². The minimum Gasteiger partial charge on any atom is -0.365 e. The van der Waals surface area contributed by atoms with Crippen LogP contribution in [-0.2, 0) is 23.8 Å². The van der Waals surface area contributed by atoms with Crippen LogP contribution in [0.4, 0.5) is 13.8 Å². The average molecular weight is 412 g/mol. The van der Waals surface area contributed by atoms with Crippen LogP contribution in [0.15, 0.2) is 6.20 Å². The number of carbonyl (C=O) groups excluding carboxylic acids is 2. The number of aromatic nitrogens is 2. The van der Waals surface area contributed by atoms with Crippen molar-refractivity contribution in [1.82, 2.24) is 9.78 Å². The van der Waals surface area contributed by atoms with Crippen LogP contribution in [0.25, 0.3) is 0 Å². The van der Waals surface area contributed by atoms with E-state index in [1.54, 1.807) is 0 Å². The Morgan fingerprint density at radius 3 is 2.57 bits per heavy atom. The maximum atomic E-state index is 13.2. The minimum absolute atomic E-state index is 0.195. The molecule has 0 saturated heterocycles. The number of alkyl halides is 2. The summed E-state index contributed by atoms with van der Waals surface area (Å²) < 4.78 is 33.6. The van der Waals surface area contributed by atoms with Gasteiger partial charge in [-0.05, 0) is 33.3 Å². The van der Waals surface area contributed by atoms with Crippen molar-refractivity contribution >= 4 is 28.2 Å². The Morgan fingerprint density at radius 2 is 2.00 bits per heavy atom. The largest absolute Gasteiger partial charge is 0.365 e. The number of hydrogen-bond acceptors (Lipinski definition) is 5. The van der Waals surface area contributed by atoms with Gasteiger partial charge in [-0.25, -0.2) is 8.78 Å². The topological polar surface area (TPSA) is 99.2 Å².